The van der Waals surface area contributed by atoms with Crippen LogP contribution in [0.15, 0.2) is 54.6 Å². The fourth-order valence-electron chi connectivity index (χ4n) is 5.32. The van der Waals surface area contributed by atoms with Gasteiger partial charge in [0.25, 0.3) is 5.91 Å². The number of nitrogens with zero attached hydrogens (tertiary/aromatic N) is 1. The van der Waals surface area contributed by atoms with E-state index in [2.05, 4.69) is 0 Å². The zero-order chi connectivity index (χ0) is 20.8. The van der Waals surface area contributed by atoms with Gasteiger partial charge in [-0.25, -0.2) is 0 Å². The molecule has 0 aliphatic carbocycles. The van der Waals surface area contributed by atoms with Crippen LogP contribution >= 0.6 is 0 Å². The maximum atomic E-state index is 15.4. The number of halogens is 1. The molecule has 1 N–H and O–H groups in total. The van der Waals surface area contributed by atoms with Gasteiger partial charge in [0.1, 0.15) is 0 Å². The summed E-state index contributed by atoms with van der Waals surface area (Å²) in [5.41, 5.74) is 1.13. The third-order valence-electron chi connectivity index (χ3n) is 6.47. The van der Waals surface area contributed by atoms with Crippen molar-refractivity contribution in [1.29, 1.82) is 0 Å². The molecule has 0 radical (unpaired) electrons. The number of aliphatic hydroxyl groups excluding tert-OH is 1. The normalized spacial score (nSPS) is 28.9. The maximum absolute atomic E-state index is 15.4. The highest BCUT2D eigenvalue weighted by molar-refractivity contribution is 6.72. The lowest BCUT2D eigenvalue weighted by Crippen LogP contribution is -2.45. The fourth-order valence-corrected chi connectivity index (χ4v) is 7.86. The largest absolute Gasteiger partial charge is 0.396 e. The van der Waals surface area contributed by atoms with E-state index in [4.69, 9.17) is 4.74 Å². The van der Waals surface area contributed by atoms with E-state index in [0.717, 1.165) is 16.8 Å². The molecule has 0 aromatic heterocycles. The van der Waals surface area contributed by atoms with E-state index in [1.165, 1.54) is 0 Å². The van der Waals surface area contributed by atoms with Crippen molar-refractivity contribution in [2.24, 2.45) is 5.92 Å². The molecule has 0 unspecified atom stereocenters. The Morgan fingerprint density at radius 2 is 1.79 bits per heavy atom. The SMILES string of the molecule is C[C@H]1[C@H]([Si](C)(C)F)[C@@H](CCO)O[C@]12C(=O)N(Cc1ccccc1)c1ccccc12. The standard InChI is InChI=1S/C23H28FNO3Si/c1-16-21(29(2,3)24)20(13-14-26)28-23(16)18-11-7-8-12-19(18)25(22(23)27)15-17-9-5-4-6-10-17/h4-12,16,20-21,26H,13-15H2,1-3H3/t16-,20+,21-,23+/m0/s1. The van der Waals surface area contributed by atoms with Crippen LogP contribution in [0.3, 0.4) is 0 Å². The van der Waals surface area contributed by atoms with Crippen molar-refractivity contribution in [3.8, 4) is 0 Å². The van der Waals surface area contributed by atoms with Crippen LogP contribution < -0.4 is 4.90 Å². The zero-order valence-electron chi connectivity index (χ0n) is 17.1. The van der Waals surface area contributed by atoms with Crippen LogP contribution in [-0.4, -0.2) is 32.1 Å². The summed E-state index contributed by atoms with van der Waals surface area (Å²) in [7, 11) is -3.13. The first-order valence-corrected chi connectivity index (χ1v) is 13.2. The second-order valence-corrected chi connectivity index (χ2v) is 12.5. The second kappa shape index (κ2) is 7.34. The number of hydrogen-bond donors (Lipinski definition) is 1. The Balaban J connectivity index is 1.80. The molecule has 1 spiro atoms. The zero-order valence-corrected chi connectivity index (χ0v) is 18.1. The van der Waals surface area contributed by atoms with Crippen LogP contribution in [0, 0.1) is 5.92 Å². The number of amides is 1. The first-order chi connectivity index (χ1) is 13.8. The molecular formula is C23H28FNO3Si. The van der Waals surface area contributed by atoms with E-state index in [9.17, 15) is 9.90 Å². The van der Waals surface area contributed by atoms with Crippen molar-refractivity contribution in [2.45, 2.75) is 50.2 Å². The summed E-state index contributed by atoms with van der Waals surface area (Å²) < 4.78 is 21.8. The minimum Gasteiger partial charge on any atom is -0.396 e. The van der Waals surface area contributed by atoms with Gasteiger partial charge >= 0.3 is 0 Å². The molecule has 154 valence electrons. The van der Waals surface area contributed by atoms with Crippen LogP contribution in [-0.2, 0) is 21.7 Å². The predicted octanol–water partition coefficient (Wildman–Crippen LogP) is 4.39. The van der Waals surface area contributed by atoms with Crippen LogP contribution in [0.25, 0.3) is 0 Å². The van der Waals surface area contributed by atoms with Crippen molar-refractivity contribution in [1.82, 2.24) is 0 Å². The Hall–Kier alpha value is -2.02. The molecule has 6 heteroatoms. The van der Waals surface area contributed by atoms with Crippen LogP contribution in [0.4, 0.5) is 9.80 Å². The predicted molar refractivity (Wildman–Crippen MR) is 114 cm³/mol. The molecule has 2 aliphatic heterocycles. The highest BCUT2D eigenvalue weighted by Crippen LogP contribution is 2.60. The minimum absolute atomic E-state index is 0.0853. The molecular weight excluding hydrogens is 385 g/mol. The number of anilines is 1. The molecule has 4 atom stereocenters. The van der Waals surface area contributed by atoms with E-state index in [1.807, 2.05) is 61.5 Å². The first kappa shape index (κ1) is 20.3. The van der Waals surface area contributed by atoms with E-state index in [1.54, 1.807) is 18.0 Å². The number of ether oxygens (including phenoxy) is 1. The van der Waals surface area contributed by atoms with Gasteiger partial charge in [0.05, 0.1) is 18.3 Å². The molecule has 2 aromatic rings. The van der Waals surface area contributed by atoms with Crippen LogP contribution in [0.1, 0.15) is 24.5 Å². The van der Waals surface area contributed by atoms with Gasteiger partial charge in [-0.15, -0.1) is 0 Å². The third-order valence-corrected chi connectivity index (χ3v) is 8.92. The lowest BCUT2D eigenvalue weighted by atomic mass is 9.82. The number of hydrogen-bond acceptors (Lipinski definition) is 3. The fraction of sp³-hybridized carbons (Fsp3) is 0.435. The van der Waals surface area contributed by atoms with Gasteiger partial charge in [-0.2, -0.15) is 0 Å². The van der Waals surface area contributed by atoms with Crippen molar-refractivity contribution in [2.75, 3.05) is 11.5 Å². The first-order valence-electron chi connectivity index (χ1n) is 10.2. The van der Waals surface area contributed by atoms with E-state index in [0.29, 0.717) is 13.0 Å². The smallest absolute Gasteiger partial charge is 0.264 e. The summed E-state index contributed by atoms with van der Waals surface area (Å²) in [4.78, 5) is 15.6. The van der Waals surface area contributed by atoms with Crippen molar-refractivity contribution < 1.29 is 18.7 Å². The molecule has 29 heavy (non-hydrogen) atoms. The number of fused-ring (bicyclic) bond motifs is 2. The van der Waals surface area contributed by atoms with Crippen molar-refractivity contribution in [3.63, 3.8) is 0 Å². The van der Waals surface area contributed by atoms with Gasteiger partial charge in [-0.05, 0) is 31.1 Å². The van der Waals surface area contributed by atoms with Crippen LogP contribution in [0.5, 0.6) is 0 Å². The van der Waals surface area contributed by atoms with Gasteiger partial charge in [0.15, 0.2) is 5.60 Å². The molecule has 1 fully saturated rings. The highest BCUT2D eigenvalue weighted by atomic mass is 28.4. The molecule has 0 bridgehead atoms. The topological polar surface area (TPSA) is 49.8 Å². The lowest BCUT2D eigenvalue weighted by Gasteiger charge is -2.31. The molecule has 2 aliphatic rings. The molecule has 1 saturated heterocycles. The van der Waals surface area contributed by atoms with Gasteiger partial charge in [-0.1, -0.05) is 55.5 Å². The average molecular weight is 414 g/mol. The van der Waals surface area contributed by atoms with Gasteiger partial charge < -0.3 is 18.9 Å². The highest BCUT2D eigenvalue weighted by Gasteiger charge is 2.66. The molecule has 2 aromatic carbocycles. The molecule has 2 heterocycles. The number of benzene rings is 2. The summed E-state index contributed by atoms with van der Waals surface area (Å²) in [6, 6.07) is 17.5. The minimum atomic E-state index is -3.13. The number of aliphatic hydroxyl groups is 1. The molecule has 4 nitrogen and oxygen atoms in total. The Labute approximate surface area is 172 Å². The summed E-state index contributed by atoms with van der Waals surface area (Å²) in [6.07, 6.45) is -0.124. The lowest BCUT2D eigenvalue weighted by molar-refractivity contribution is -0.146. The van der Waals surface area contributed by atoms with Gasteiger partial charge in [0, 0.05) is 23.6 Å². The van der Waals surface area contributed by atoms with Crippen molar-refractivity contribution in [3.05, 3.63) is 65.7 Å². The van der Waals surface area contributed by atoms with Gasteiger partial charge in [-0.3, -0.25) is 4.79 Å². The number of carbonyl (C=O) groups excluding carboxylic acids is 1. The summed E-state index contributed by atoms with van der Waals surface area (Å²) in [6.45, 7) is 5.65. The van der Waals surface area contributed by atoms with Crippen LogP contribution in [0.2, 0.25) is 18.6 Å². The average Bonchev–Trinajstić information content (AvgIpc) is 3.11. The van der Waals surface area contributed by atoms with Crippen molar-refractivity contribution >= 4 is 20.0 Å². The second-order valence-electron chi connectivity index (χ2n) is 8.68. The number of para-hydroxylation sites is 1. The monoisotopic (exact) mass is 413 g/mol. The van der Waals surface area contributed by atoms with E-state index in [-0.39, 0.29) is 24.0 Å². The molecule has 1 amide bonds. The molecule has 4 rings (SSSR count). The summed E-state index contributed by atoms with van der Waals surface area (Å²) in [5.74, 6) is -0.432. The molecule has 0 saturated carbocycles. The Kier molecular flexibility index (Phi) is 5.13. The van der Waals surface area contributed by atoms with Gasteiger partial charge in [0.2, 0.25) is 8.41 Å². The van der Waals surface area contributed by atoms with E-state index < -0.39 is 20.1 Å². The summed E-state index contributed by atoms with van der Waals surface area (Å²) >= 11 is 0. The Morgan fingerprint density at radius 3 is 2.45 bits per heavy atom. The van der Waals surface area contributed by atoms with E-state index >= 15 is 4.11 Å². The Morgan fingerprint density at radius 1 is 1.14 bits per heavy atom. The summed E-state index contributed by atoms with van der Waals surface area (Å²) in [5, 5.41) is 9.55. The maximum Gasteiger partial charge on any atom is 0.264 e. The number of rotatable bonds is 5. The Bertz CT molecular complexity index is 900. The quantitative estimate of drug-likeness (QED) is 0.584. The number of carbonyl (C=O) groups is 1. The third kappa shape index (κ3) is 3.14.